The SMILES string of the molecule is CC/C=C\C/C=C\C/C=C\C/C=C\C/C=C\C/C=C\C/C=C\CCCCCCCCCCCCCC(=O)NC(COC1OC(CO)C(OC2OC(CO)C(O)C(O)C2O)C(O)C1O)C(O)CCCCCCCCCCCCCC. The third-order valence-electron chi connectivity index (χ3n) is 14.9. The Morgan fingerprint density at radius 3 is 1.34 bits per heavy atom. The first-order chi connectivity index (χ1) is 38.6. The zero-order chi connectivity index (χ0) is 57.4. The predicted octanol–water partition coefficient (Wildman–Crippen LogP) is 11.3. The number of unbranched alkanes of at least 4 members (excludes halogenated alkanes) is 22. The highest BCUT2D eigenvalue weighted by atomic mass is 16.7. The van der Waals surface area contributed by atoms with E-state index in [1.54, 1.807) is 0 Å². The molecular formula is C65H113NO13. The lowest BCUT2D eigenvalue weighted by Crippen LogP contribution is -2.65. The molecule has 2 aliphatic heterocycles. The van der Waals surface area contributed by atoms with Crippen LogP contribution in [0.4, 0.5) is 0 Å². The van der Waals surface area contributed by atoms with Gasteiger partial charge in [0, 0.05) is 6.42 Å². The molecule has 0 aliphatic carbocycles. The summed E-state index contributed by atoms with van der Waals surface area (Å²) in [6.45, 7) is 2.73. The van der Waals surface area contributed by atoms with Crippen molar-refractivity contribution in [2.24, 2.45) is 0 Å². The molecule has 2 aliphatic rings. The van der Waals surface area contributed by atoms with Gasteiger partial charge in [-0.1, -0.05) is 234 Å². The number of aliphatic hydroxyl groups excluding tert-OH is 8. The molecule has 0 aromatic carbocycles. The van der Waals surface area contributed by atoms with Gasteiger partial charge in [-0.3, -0.25) is 4.79 Å². The second-order valence-electron chi connectivity index (χ2n) is 21.8. The van der Waals surface area contributed by atoms with Crippen molar-refractivity contribution in [3.63, 3.8) is 0 Å². The van der Waals surface area contributed by atoms with Crippen molar-refractivity contribution in [3.8, 4) is 0 Å². The summed E-state index contributed by atoms with van der Waals surface area (Å²) in [4.78, 5) is 13.3. The second kappa shape index (κ2) is 49.8. The zero-order valence-corrected chi connectivity index (χ0v) is 49.1. The molecule has 79 heavy (non-hydrogen) atoms. The third-order valence-corrected chi connectivity index (χ3v) is 14.9. The smallest absolute Gasteiger partial charge is 0.220 e. The van der Waals surface area contributed by atoms with Crippen LogP contribution in [-0.4, -0.2) is 140 Å². The van der Waals surface area contributed by atoms with Crippen LogP contribution >= 0.6 is 0 Å². The van der Waals surface area contributed by atoms with Gasteiger partial charge in [-0.15, -0.1) is 0 Å². The summed E-state index contributed by atoms with van der Waals surface area (Å²) >= 11 is 0. The van der Waals surface area contributed by atoms with Crippen LogP contribution in [0.2, 0.25) is 0 Å². The number of allylic oxidation sites excluding steroid dienone is 14. The molecule has 2 fully saturated rings. The number of nitrogens with one attached hydrogen (secondary N) is 1. The highest BCUT2D eigenvalue weighted by Gasteiger charge is 2.51. The molecule has 2 saturated heterocycles. The number of hydrogen-bond donors (Lipinski definition) is 9. The molecule has 0 radical (unpaired) electrons. The van der Waals surface area contributed by atoms with E-state index in [1.807, 2.05) is 0 Å². The van der Waals surface area contributed by atoms with Gasteiger partial charge in [0.15, 0.2) is 12.6 Å². The Labute approximate surface area is 478 Å². The maximum Gasteiger partial charge on any atom is 0.220 e. The molecule has 0 spiro atoms. The molecule has 12 atom stereocenters. The Balaban J connectivity index is 1.65. The fourth-order valence-corrected chi connectivity index (χ4v) is 9.86. The van der Waals surface area contributed by atoms with Gasteiger partial charge in [0.1, 0.15) is 48.8 Å². The highest BCUT2D eigenvalue weighted by molar-refractivity contribution is 5.76. The molecule has 14 heteroatoms. The topological polar surface area (TPSA) is 228 Å². The Kier molecular flexibility index (Phi) is 45.5. The fraction of sp³-hybridized carbons (Fsp3) is 0.769. The van der Waals surface area contributed by atoms with Crippen LogP contribution < -0.4 is 5.32 Å². The van der Waals surface area contributed by atoms with Crippen LogP contribution in [0.1, 0.15) is 226 Å². The summed E-state index contributed by atoms with van der Waals surface area (Å²) < 4.78 is 22.8. The number of rotatable bonds is 49. The van der Waals surface area contributed by atoms with E-state index < -0.39 is 86.8 Å². The zero-order valence-electron chi connectivity index (χ0n) is 49.1. The summed E-state index contributed by atoms with van der Waals surface area (Å²) in [7, 11) is 0. The molecule has 9 N–H and O–H groups in total. The number of hydrogen-bond acceptors (Lipinski definition) is 13. The standard InChI is InChI=1S/C65H113NO13/c1-3-5-7-9-11-13-15-17-18-19-20-21-22-23-24-25-26-27-28-29-30-31-32-33-34-35-36-37-39-41-43-45-47-49-57(70)66-53(54(69)48-46-44-42-40-38-16-14-12-10-8-6-4-2)52-76-64-62(75)60(73)63(56(51-68)78-64)79-65-61(74)59(72)58(71)55(50-67)77-65/h5,7,11,13,17-18,20-21,23-24,26-27,29-30,53-56,58-65,67-69,71-75H,3-4,6,8-10,12,14-16,19,22,25,28,31-52H2,1-2H3,(H,66,70)/b7-5-,13-11-,18-17-,21-20-,24-23-,27-26-,30-29-. The Morgan fingerprint density at radius 2 is 0.873 bits per heavy atom. The van der Waals surface area contributed by atoms with Gasteiger partial charge >= 0.3 is 0 Å². The van der Waals surface area contributed by atoms with Gasteiger partial charge in [0.05, 0.1) is 32.0 Å². The molecule has 0 bridgehead atoms. The lowest BCUT2D eigenvalue weighted by molar-refractivity contribution is -0.359. The van der Waals surface area contributed by atoms with Crippen molar-refractivity contribution in [1.82, 2.24) is 5.32 Å². The first-order valence-corrected chi connectivity index (χ1v) is 31.3. The van der Waals surface area contributed by atoms with E-state index in [1.165, 1.54) is 96.3 Å². The van der Waals surface area contributed by atoms with Gasteiger partial charge in [-0.25, -0.2) is 0 Å². The second-order valence-corrected chi connectivity index (χ2v) is 21.8. The number of amides is 1. The van der Waals surface area contributed by atoms with Gasteiger partial charge in [-0.05, 0) is 70.6 Å². The molecule has 14 nitrogen and oxygen atoms in total. The molecule has 0 saturated carbocycles. The minimum absolute atomic E-state index is 0.214. The predicted molar refractivity (Wildman–Crippen MR) is 318 cm³/mol. The number of ether oxygens (including phenoxy) is 4. The van der Waals surface area contributed by atoms with Gasteiger partial charge in [-0.2, -0.15) is 0 Å². The summed E-state index contributed by atoms with van der Waals surface area (Å²) in [6, 6.07) is -0.834. The average molecular weight is 1120 g/mol. The summed E-state index contributed by atoms with van der Waals surface area (Å²) in [5.74, 6) is -0.214. The number of carbonyl (C=O) groups is 1. The lowest BCUT2D eigenvalue weighted by Gasteiger charge is -2.46. The normalized spacial score (nSPS) is 25.0. The van der Waals surface area contributed by atoms with Gasteiger partial charge < -0.3 is 65.1 Å². The molecule has 2 rings (SSSR count). The Bertz CT molecular complexity index is 1650. The van der Waals surface area contributed by atoms with E-state index in [2.05, 4.69) is 104 Å². The van der Waals surface area contributed by atoms with Crippen LogP contribution in [0.3, 0.4) is 0 Å². The lowest BCUT2D eigenvalue weighted by atomic mass is 9.97. The third kappa shape index (κ3) is 35.0. The summed E-state index contributed by atoms with van der Waals surface area (Å²) in [5.41, 5.74) is 0. The van der Waals surface area contributed by atoms with E-state index in [4.69, 9.17) is 18.9 Å². The van der Waals surface area contributed by atoms with Crippen molar-refractivity contribution >= 4 is 5.91 Å². The Hall–Kier alpha value is -2.83. The van der Waals surface area contributed by atoms with Crippen molar-refractivity contribution in [2.45, 2.75) is 299 Å². The first kappa shape index (κ1) is 72.3. The molecule has 2 heterocycles. The van der Waals surface area contributed by atoms with E-state index in [0.717, 1.165) is 103 Å². The monoisotopic (exact) mass is 1120 g/mol. The van der Waals surface area contributed by atoms with E-state index in [9.17, 15) is 45.6 Å². The quantitative estimate of drug-likeness (QED) is 0.0204. The van der Waals surface area contributed by atoms with E-state index in [0.29, 0.717) is 12.8 Å². The van der Waals surface area contributed by atoms with E-state index in [-0.39, 0.29) is 12.5 Å². The van der Waals surface area contributed by atoms with Crippen LogP contribution in [0.25, 0.3) is 0 Å². The number of aliphatic hydroxyl groups is 8. The Morgan fingerprint density at radius 1 is 0.468 bits per heavy atom. The minimum atomic E-state index is -1.78. The van der Waals surface area contributed by atoms with Crippen LogP contribution in [0.5, 0.6) is 0 Å². The van der Waals surface area contributed by atoms with Crippen LogP contribution in [0.15, 0.2) is 85.1 Å². The molecular weight excluding hydrogens is 1000 g/mol. The van der Waals surface area contributed by atoms with Gasteiger partial charge in [0.25, 0.3) is 0 Å². The molecule has 12 unspecified atom stereocenters. The maximum atomic E-state index is 13.3. The van der Waals surface area contributed by atoms with Crippen molar-refractivity contribution in [3.05, 3.63) is 85.1 Å². The fourth-order valence-electron chi connectivity index (χ4n) is 9.86. The van der Waals surface area contributed by atoms with Crippen molar-refractivity contribution in [1.29, 1.82) is 0 Å². The molecule has 456 valence electrons. The number of carbonyl (C=O) groups excluding carboxylic acids is 1. The van der Waals surface area contributed by atoms with Crippen molar-refractivity contribution < 1.29 is 64.6 Å². The minimum Gasteiger partial charge on any atom is -0.394 e. The van der Waals surface area contributed by atoms with Crippen LogP contribution in [0, 0.1) is 0 Å². The van der Waals surface area contributed by atoms with Gasteiger partial charge in [0.2, 0.25) is 5.91 Å². The maximum absolute atomic E-state index is 13.3. The largest absolute Gasteiger partial charge is 0.394 e. The highest BCUT2D eigenvalue weighted by Crippen LogP contribution is 2.30. The van der Waals surface area contributed by atoms with Crippen LogP contribution in [-0.2, 0) is 23.7 Å². The summed E-state index contributed by atoms with van der Waals surface area (Å²) in [6.07, 6.45) is 50.2. The summed E-state index contributed by atoms with van der Waals surface area (Å²) in [5, 5.41) is 87.2. The van der Waals surface area contributed by atoms with Crippen molar-refractivity contribution in [2.75, 3.05) is 19.8 Å². The molecule has 0 aromatic heterocycles. The molecule has 1 amide bonds. The molecule has 0 aromatic rings. The first-order valence-electron chi connectivity index (χ1n) is 31.3. The van der Waals surface area contributed by atoms with E-state index >= 15 is 0 Å². The average Bonchev–Trinajstić information content (AvgIpc) is 3.49.